The Kier molecular flexibility index (Phi) is 6.14. The minimum atomic E-state index is -0.434. The highest BCUT2D eigenvalue weighted by molar-refractivity contribution is 8.00. The molecule has 10 nitrogen and oxygen atoms in total. The number of anilines is 1. The molecule has 1 unspecified atom stereocenters. The third kappa shape index (κ3) is 4.67. The van der Waals surface area contributed by atoms with Crippen molar-refractivity contribution in [3.05, 3.63) is 53.2 Å². The van der Waals surface area contributed by atoms with Crippen LogP contribution < -0.4 is 11.0 Å². The van der Waals surface area contributed by atoms with Crippen LogP contribution in [0.4, 0.5) is 5.69 Å². The van der Waals surface area contributed by atoms with Gasteiger partial charge in [-0.3, -0.25) is 14.3 Å². The molecule has 4 aromatic rings. The SMILES string of the molecule is COCCn1c(SC(C)C(=O)Nc2ccc3[nH]c(=O)[nH]c3c2)nnc1-c1ccncc1. The molecule has 1 aromatic carbocycles. The Morgan fingerprint density at radius 1 is 1.19 bits per heavy atom. The van der Waals surface area contributed by atoms with Crippen molar-refractivity contribution in [3.8, 4) is 11.4 Å². The Bertz CT molecular complexity index is 1250. The molecule has 0 spiro atoms. The van der Waals surface area contributed by atoms with Crippen molar-refractivity contribution in [2.75, 3.05) is 19.0 Å². The Morgan fingerprint density at radius 3 is 2.74 bits per heavy atom. The molecule has 31 heavy (non-hydrogen) atoms. The molecule has 0 radical (unpaired) electrons. The minimum Gasteiger partial charge on any atom is -0.383 e. The number of H-pyrrole nitrogens is 2. The molecule has 4 rings (SSSR count). The highest BCUT2D eigenvalue weighted by Crippen LogP contribution is 2.27. The number of hydrogen-bond donors (Lipinski definition) is 3. The molecule has 160 valence electrons. The molecule has 0 aliphatic carbocycles. The monoisotopic (exact) mass is 439 g/mol. The molecule has 1 atom stereocenters. The van der Waals surface area contributed by atoms with Gasteiger partial charge in [0, 0.05) is 30.8 Å². The summed E-state index contributed by atoms with van der Waals surface area (Å²) in [4.78, 5) is 33.6. The zero-order valence-electron chi connectivity index (χ0n) is 17.0. The van der Waals surface area contributed by atoms with Crippen LogP contribution >= 0.6 is 11.8 Å². The highest BCUT2D eigenvalue weighted by Gasteiger charge is 2.21. The fourth-order valence-electron chi connectivity index (χ4n) is 3.04. The highest BCUT2D eigenvalue weighted by atomic mass is 32.2. The number of carbonyl (C=O) groups is 1. The molecule has 3 heterocycles. The number of aromatic nitrogens is 6. The molecule has 11 heteroatoms. The van der Waals surface area contributed by atoms with Crippen molar-refractivity contribution in [3.63, 3.8) is 0 Å². The van der Waals surface area contributed by atoms with E-state index in [1.54, 1.807) is 44.6 Å². The van der Waals surface area contributed by atoms with Gasteiger partial charge >= 0.3 is 5.69 Å². The fraction of sp³-hybridized carbons (Fsp3) is 0.250. The predicted octanol–water partition coefficient (Wildman–Crippen LogP) is 2.28. The van der Waals surface area contributed by atoms with E-state index in [9.17, 15) is 9.59 Å². The topological polar surface area (TPSA) is 131 Å². The maximum Gasteiger partial charge on any atom is 0.323 e. The summed E-state index contributed by atoms with van der Waals surface area (Å²) in [6, 6.07) is 8.91. The first-order valence-corrected chi connectivity index (χ1v) is 10.4. The molecule has 1 amide bonds. The number of carbonyl (C=O) groups excluding carboxylic acids is 1. The molecule has 0 saturated carbocycles. The van der Waals surface area contributed by atoms with Crippen molar-refractivity contribution in [1.29, 1.82) is 0 Å². The number of aromatic amines is 2. The summed E-state index contributed by atoms with van der Waals surface area (Å²) in [6.45, 7) is 2.84. The van der Waals surface area contributed by atoms with Gasteiger partial charge in [0.1, 0.15) is 0 Å². The molecule has 3 N–H and O–H groups in total. The Hall–Kier alpha value is -3.44. The average Bonchev–Trinajstić information content (AvgIpc) is 3.34. The predicted molar refractivity (Wildman–Crippen MR) is 118 cm³/mol. The van der Waals surface area contributed by atoms with Gasteiger partial charge in [0.15, 0.2) is 11.0 Å². The number of hydrogen-bond acceptors (Lipinski definition) is 7. The lowest BCUT2D eigenvalue weighted by Crippen LogP contribution is -2.23. The molecule has 0 saturated heterocycles. The number of pyridine rings is 1. The van der Waals surface area contributed by atoms with E-state index in [1.807, 2.05) is 16.7 Å². The van der Waals surface area contributed by atoms with E-state index in [1.165, 1.54) is 11.8 Å². The van der Waals surface area contributed by atoms with E-state index in [-0.39, 0.29) is 11.6 Å². The van der Waals surface area contributed by atoms with Crippen LogP contribution in [0.2, 0.25) is 0 Å². The Balaban J connectivity index is 1.51. The quantitative estimate of drug-likeness (QED) is 0.359. The number of thioether (sulfide) groups is 1. The molecule has 0 aliphatic heterocycles. The van der Waals surface area contributed by atoms with Gasteiger partial charge < -0.3 is 20.0 Å². The van der Waals surface area contributed by atoms with E-state index >= 15 is 0 Å². The second-order valence-electron chi connectivity index (χ2n) is 6.78. The summed E-state index contributed by atoms with van der Waals surface area (Å²) in [6.07, 6.45) is 3.39. The lowest BCUT2D eigenvalue weighted by atomic mass is 10.2. The Morgan fingerprint density at radius 2 is 1.97 bits per heavy atom. The number of imidazole rings is 1. The van der Waals surface area contributed by atoms with Gasteiger partial charge in [-0.15, -0.1) is 10.2 Å². The lowest BCUT2D eigenvalue weighted by Gasteiger charge is -2.13. The van der Waals surface area contributed by atoms with Crippen LogP contribution in [-0.4, -0.2) is 54.6 Å². The second-order valence-corrected chi connectivity index (χ2v) is 8.08. The summed E-state index contributed by atoms with van der Waals surface area (Å²) < 4.78 is 7.16. The zero-order valence-corrected chi connectivity index (χ0v) is 17.8. The van der Waals surface area contributed by atoms with E-state index in [4.69, 9.17) is 4.74 Å². The van der Waals surface area contributed by atoms with E-state index in [0.717, 1.165) is 5.56 Å². The number of fused-ring (bicyclic) bond motifs is 1. The van der Waals surface area contributed by atoms with Gasteiger partial charge in [-0.1, -0.05) is 11.8 Å². The molecular formula is C20H21N7O3S. The summed E-state index contributed by atoms with van der Waals surface area (Å²) in [5.74, 6) is 0.505. The van der Waals surface area contributed by atoms with Gasteiger partial charge in [-0.05, 0) is 37.3 Å². The molecule has 0 aliphatic rings. The first-order chi connectivity index (χ1) is 15.0. The number of nitrogens with zero attached hydrogens (tertiary/aromatic N) is 4. The Labute approximate surface area is 181 Å². The maximum atomic E-state index is 12.8. The second kappa shape index (κ2) is 9.14. The number of ether oxygens (including phenoxy) is 1. The summed E-state index contributed by atoms with van der Waals surface area (Å²) in [5, 5.41) is 11.7. The average molecular weight is 440 g/mol. The maximum absolute atomic E-state index is 12.8. The minimum absolute atomic E-state index is 0.186. The number of benzene rings is 1. The normalized spacial score (nSPS) is 12.2. The smallest absolute Gasteiger partial charge is 0.323 e. The van der Waals surface area contributed by atoms with Crippen LogP contribution in [0.5, 0.6) is 0 Å². The van der Waals surface area contributed by atoms with Gasteiger partial charge in [0.05, 0.1) is 29.4 Å². The number of methoxy groups -OCH3 is 1. The van der Waals surface area contributed by atoms with Gasteiger partial charge in [0.2, 0.25) is 5.91 Å². The van der Waals surface area contributed by atoms with Crippen molar-refractivity contribution < 1.29 is 9.53 Å². The van der Waals surface area contributed by atoms with E-state index < -0.39 is 5.25 Å². The van der Waals surface area contributed by atoms with Crippen LogP contribution in [0.15, 0.2) is 52.7 Å². The van der Waals surface area contributed by atoms with E-state index in [0.29, 0.717) is 40.9 Å². The molecule has 0 fully saturated rings. The largest absolute Gasteiger partial charge is 0.383 e. The van der Waals surface area contributed by atoms with Gasteiger partial charge in [-0.2, -0.15) is 0 Å². The van der Waals surface area contributed by atoms with Crippen LogP contribution in [0, 0.1) is 0 Å². The van der Waals surface area contributed by atoms with Crippen LogP contribution in [-0.2, 0) is 16.1 Å². The molecular weight excluding hydrogens is 418 g/mol. The van der Waals surface area contributed by atoms with Gasteiger partial charge in [0.25, 0.3) is 0 Å². The van der Waals surface area contributed by atoms with Crippen LogP contribution in [0.3, 0.4) is 0 Å². The number of amides is 1. The van der Waals surface area contributed by atoms with Gasteiger partial charge in [-0.25, -0.2) is 4.79 Å². The van der Waals surface area contributed by atoms with E-state index in [2.05, 4.69) is 30.5 Å². The summed E-state index contributed by atoms with van der Waals surface area (Å²) >= 11 is 1.31. The fourth-order valence-corrected chi connectivity index (χ4v) is 3.92. The van der Waals surface area contributed by atoms with Crippen molar-refractivity contribution in [2.45, 2.75) is 23.9 Å². The molecule has 3 aromatic heterocycles. The van der Waals surface area contributed by atoms with Crippen LogP contribution in [0.1, 0.15) is 6.92 Å². The first kappa shape index (κ1) is 20.8. The van der Waals surface area contributed by atoms with Crippen LogP contribution in [0.25, 0.3) is 22.4 Å². The van der Waals surface area contributed by atoms with Crippen molar-refractivity contribution >= 4 is 34.4 Å². The standard InChI is InChI=1S/C20H21N7O3S/c1-12(18(28)22-14-3-4-15-16(11-14)24-19(29)23-15)31-20-26-25-17(27(20)9-10-30-2)13-5-7-21-8-6-13/h3-8,11-12H,9-10H2,1-2H3,(H,22,28)(H2,23,24,29). The third-order valence-corrected chi connectivity index (χ3v) is 5.69. The zero-order chi connectivity index (χ0) is 21.8. The van der Waals surface area contributed by atoms with Crippen molar-refractivity contribution in [2.24, 2.45) is 0 Å². The summed E-state index contributed by atoms with van der Waals surface area (Å²) in [7, 11) is 1.63. The number of nitrogens with one attached hydrogen (secondary N) is 3. The number of rotatable bonds is 8. The lowest BCUT2D eigenvalue weighted by molar-refractivity contribution is -0.115. The molecule has 0 bridgehead atoms. The third-order valence-electron chi connectivity index (χ3n) is 4.61. The first-order valence-electron chi connectivity index (χ1n) is 9.57. The van der Waals surface area contributed by atoms with Crippen molar-refractivity contribution in [1.82, 2.24) is 29.7 Å². The summed E-state index contributed by atoms with van der Waals surface area (Å²) in [5.41, 5.74) is 2.50.